The van der Waals surface area contributed by atoms with E-state index in [1.54, 1.807) is 18.9 Å². The summed E-state index contributed by atoms with van der Waals surface area (Å²) in [6.07, 6.45) is 0. The van der Waals surface area contributed by atoms with Crippen LogP contribution in [-0.2, 0) is 5.75 Å². The number of ether oxygens (including phenoxy) is 1. The first-order valence-electron chi connectivity index (χ1n) is 9.74. The molecule has 3 aromatic rings. The second kappa shape index (κ2) is 9.66. The first kappa shape index (κ1) is 21.0. The largest absolute Gasteiger partial charge is 0.496 e. The molecule has 0 atom stereocenters. The van der Waals surface area contributed by atoms with E-state index in [-0.39, 0.29) is 11.8 Å². The van der Waals surface area contributed by atoms with E-state index in [0.717, 1.165) is 28.3 Å². The van der Waals surface area contributed by atoms with Crippen LogP contribution in [0.2, 0.25) is 0 Å². The van der Waals surface area contributed by atoms with Crippen LogP contribution in [0, 0.1) is 6.92 Å². The molecule has 0 spiro atoms. The second-order valence-corrected chi connectivity index (χ2v) is 8.37. The molecule has 29 heavy (non-hydrogen) atoms. The maximum atomic E-state index is 12.8. The van der Waals surface area contributed by atoms with Gasteiger partial charge in [0.2, 0.25) is 0 Å². The van der Waals surface area contributed by atoms with E-state index in [9.17, 15) is 4.79 Å². The van der Waals surface area contributed by atoms with Crippen molar-refractivity contribution in [2.45, 2.75) is 37.3 Å². The molecule has 150 valence electrons. The molecule has 0 fully saturated rings. The highest BCUT2D eigenvalue weighted by Gasteiger charge is 2.16. The van der Waals surface area contributed by atoms with E-state index in [0.29, 0.717) is 5.56 Å². The molecule has 0 saturated heterocycles. The average Bonchev–Trinajstić information content (AvgIpc) is 2.73. The molecule has 0 aliphatic carbocycles. The van der Waals surface area contributed by atoms with Crippen LogP contribution in [0.1, 0.15) is 46.8 Å². The molecule has 1 amide bonds. The second-order valence-electron chi connectivity index (χ2n) is 7.32. The number of carbonyl (C=O) groups is 1. The van der Waals surface area contributed by atoms with Gasteiger partial charge in [-0.05, 0) is 65.9 Å². The van der Waals surface area contributed by atoms with E-state index >= 15 is 0 Å². The summed E-state index contributed by atoms with van der Waals surface area (Å²) in [6.45, 7) is 6.13. The van der Waals surface area contributed by atoms with Crippen molar-refractivity contribution in [3.8, 4) is 5.75 Å². The van der Waals surface area contributed by atoms with Gasteiger partial charge in [0.05, 0.1) is 7.11 Å². The lowest BCUT2D eigenvalue weighted by Crippen LogP contribution is -2.14. The zero-order chi connectivity index (χ0) is 20.8. The third kappa shape index (κ3) is 5.42. The number of aryl methyl sites for hydroxylation is 1. The maximum absolute atomic E-state index is 12.8. The number of hydrogen-bond acceptors (Lipinski definition) is 3. The van der Waals surface area contributed by atoms with Gasteiger partial charge in [0.15, 0.2) is 0 Å². The molecule has 0 heterocycles. The molecule has 0 aliphatic heterocycles. The van der Waals surface area contributed by atoms with Crippen molar-refractivity contribution in [2.75, 3.05) is 12.4 Å². The van der Waals surface area contributed by atoms with E-state index in [1.165, 1.54) is 10.5 Å². The summed E-state index contributed by atoms with van der Waals surface area (Å²) < 4.78 is 5.47. The van der Waals surface area contributed by atoms with Crippen molar-refractivity contribution in [2.24, 2.45) is 0 Å². The summed E-state index contributed by atoms with van der Waals surface area (Å²) in [7, 11) is 1.66. The third-order valence-electron chi connectivity index (χ3n) is 4.80. The number of thioether (sulfide) groups is 1. The van der Waals surface area contributed by atoms with Crippen molar-refractivity contribution in [3.63, 3.8) is 0 Å². The Hall–Kier alpha value is -2.72. The van der Waals surface area contributed by atoms with Gasteiger partial charge in [0, 0.05) is 21.9 Å². The summed E-state index contributed by atoms with van der Waals surface area (Å²) >= 11 is 1.80. The van der Waals surface area contributed by atoms with E-state index < -0.39 is 0 Å². The Bertz CT molecular complexity index is 966. The molecule has 3 nitrogen and oxygen atoms in total. The van der Waals surface area contributed by atoms with Gasteiger partial charge < -0.3 is 10.1 Å². The normalized spacial score (nSPS) is 10.8. The van der Waals surface area contributed by atoms with Crippen LogP contribution in [0.3, 0.4) is 0 Å². The summed E-state index contributed by atoms with van der Waals surface area (Å²) in [6, 6.07) is 22.3. The van der Waals surface area contributed by atoms with Crippen molar-refractivity contribution >= 4 is 23.4 Å². The van der Waals surface area contributed by atoms with Crippen LogP contribution < -0.4 is 10.1 Å². The fraction of sp³-hybridized carbons (Fsp3) is 0.240. The smallest absolute Gasteiger partial charge is 0.255 e. The van der Waals surface area contributed by atoms with Crippen LogP contribution in [0.25, 0.3) is 0 Å². The molecule has 1 N–H and O–H groups in total. The number of methoxy groups -OCH3 is 1. The van der Waals surface area contributed by atoms with E-state index in [1.807, 2.05) is 49.4 Å². The van der Waals surface area contributed by atoms with Gasteiger partial charge in [0.1, 0.15) is 5.75 Å². The first-order valence-corrected chi connectivity index (χ1v) is 10.7. The quantitative estimate of drug-likeness (QED) is 0.446. The summed E-state index contributed by atoms with van der Waals surface area (Å²) in [4.78, 5) is 14.1. The first-order chi connectivity index (χ1) is 14.0. The molecule has 0 saturated carbocycles. The zero-order valence-electron chi connectivity index (χ0n) is 17.4. The number of amides is 1. The Morgan fingerprint density at radius 2 is 1.72 bits per heavy atom. The Balaban J connectivity index is 1.68. The van der Waals surface area contributed by atoms with Crippen molar-refractivity contribution in [3.05, 3.63) is 89.0 Å². The van der Waals surface area contributed by atoms with Crippen LogP contribution >= 0.6 is 11.8 Å². The predicted octanol–water partition coefficient (Wildman–Crippen LogP) is 6.67. The molecular weight excluding hydrogens is 378 g/mol. The predicted molar refractivity (Wildman–Crippen MR) is 122 cm³/mol. The standard InChI is InChI=1S/C25H27NO2S/c1-17(2)22-15-23(18(3)14-24(22)28-4)25(27)26-20-12-10-19(11-13-20)16-29-21-8-6-5-7-9-21/h5-15,17H,16H2,1-4H3,(H,26,27). The summed E-state index contributed by atoms with van der Waals surface area (Å²) in [5, 5.41) is 3.02. The molecule has 0 unspecified atom stereocenters. The highest BCUT2D eigenvalue weighted by atomic mass is 32.2. The van der Waals surface area contributed by atoms with Crippen molar-refractivity contribution in [1.29, 1.82) is 0 Å². The number of rotatable bonds is 7. The monoisotopic (exact) mass is 405 g/mol. The third-order valence-corrected chi connectivity index (χ3v) is 5.89. The molecule has 3 rings (SSSR count). The summed E-state index contributed by atoms with van der Waals surface area (Å²) in [5.74, 6) is 1.90. The van der Waals surface area contributed by atoms with Crippen LogP contribution in [0.15, 0.2) is 71.6 Å². The van der Waals surface area contributed by atoms with Gasteiger partial charge in [-0.2, -0.15) is 0 Å². The SMILES string of the molecule is COc1cc(C)c(C(=O)Nc2ccc(CSc3ccccc3)cc2)cc1C(C)C. The molecule has 0 radical (unpaired) electrons. The van der Waals surface area contributed by atoms with E-state index in [2.05, 4.69) is 43.4 Å². The average molecular weight is 406 g/mol. The molecule has 0 bridgehead atoms. The number of carbonyl (C=O) groups excluding carboxylic acids is 1. The molecule has 0 aliphatic rings. The highest BCUT2D eigenvalue weighted by molar-refractivity contribution is 7.98. The molecule has 3 aromatic carbocycles. The number of anilines is 1. The lowest BCUT2D eigenvalue weighted by molar-refractivity contribution is 0.102. The van der Waals surface area contributed by atoms with Gasteiger partial charge >= 0.3 is 0 Å². The van der Waals surface area contributed by atoms with Crippen molar-refractivity contribution in [1.82, 2.24) is 0 Å². The van der Waals surface area contributed by atoms with E-state index in [4.69, 9.17) is 4.74 Å². The van der Waals surface area contributed by atoms with Gasteiger partial charge in [-0.15, -0.1) is 11.8 Å². The highest BCUT2D eigenvalue weighted by Crippen LogP contribution is 2.30. The van der Waals surface area contributed by atoms with Gasteiger partial charge in [0.25, 0.3) is 5.91 Å². The minimum absolute atomic E-state index is 0.0986. The molecule has 4 heteroatoms. The minimum atomic E-state index is -0.0986. The van der Waals surface area contributed by atoms with Crippen LogP contribution in [0.4, 0.5) is 5.69 Å². The summed E-state index contributed by atoms with van der Waals surface area (Å²) in [5.41, 5.74) is 4.64. The lowest BCUT2D eigenvalue weighted by atomic mass is 9.96. The van der Waals surface area contributed by atoms with Gasteiger partial charge in [-0.1, -0.05) is 44.2 Å². The Morgan fingerprint density at radius 3 is 2.34 bits per heavy atom. The lowest BCUT2D eigenvalue weighted by Gasteiger charge is -2.16. The topological polar surface area (TPSA) is 38.3 Å². The fourth-order valence-corrected chi connectivity index (χ4v) is 4.01. The number of benzene rings is 3. The maximum Gasteiger partial charge on any atom is 0.255 e. The van der Waals surface area contributed by atoms with Crippen LogP contribution in [-0.4, -0.2) is 13.0 Å². The Kier molecular flexibility index (Phi) is 6.99. The minimum Gasteiger partial charge on any atom is -0.496 e. The van der Waals surface area contributed by atoms with Crippen molar-refractivity contribution < 1.29 is 9.53 Å². The zero-order valence-corrected chi connectivity index (χ0v) is 18.2. The Labute approximate surface area is 177 Å². The van der Waals surface area contributed by atoms with Gasteiger partial charge in [-0.3, -0.25) is 4.79 Å². The number of nitrogens with one attached hydrogen (secondary N) is 1. The Morgan fingerprint density at radius 1 is 1.03 bits per heavy atom. The molecular formula is C25H27NO2S. The fourth-order valence-electron chi connectivity index (χ4n) is 3.14. The van der Waals surface area contributed by atoms with Gasteiger partial charge in [-0.25, -0.2) is 0 Å². The number of hydrogen-bond donors (Lipinski definition) is 1. The van der Waals surface area contributed by atoms with Crippen LogP contribution in [0.5, 0.6) is 5.75 Å². The molecule has 0 aromatic heterocycles.